The number of nitrogens with one attached hydrogen (secondary N) is 1. The van der Waals surface area contributed by atoms with Crippen molar-refractivity contribution in [2.75, 3.05) is 13.1 Å². The molecule has 2 aliphatic rings. The van der Waals surface area contributed by atoms with Gasteiger partial charge in [-0.2, -0.15) is 0 Å². The van der Waals surface area contributed by atoms with Gasteiger partial charge in [0.2, 0.25) is 5.91 Å². The highest BCUT2D eigenvalue weighted by Gasteiger charge is 2.40. The fourth-order valence-corrected chi connectivity index (χ4v) is 5.85. The summed E-state index contributed by atoms with van der Waals surface area (Å²) in [6.07, 6.45) is 4.44. The van der Waals surface area contributed by atoms with E-state index >= 15 is 0 Å². The van der Waals surface area contributed by atoms with Crippen LogP contribution in [0.3, 0.4) is 0 Å². The number of hydrogen-bond acceptors (Lipinski definition) is 4. The minimum Gasteiger partial charge on any atom is -0.335 e. The van der Waals surface area contributed by atoms with Gasteiger partial charge in [-0.25, -0.2) is 4.39 Å². The van der Waals surface area contributed by atoms with Gasteiger partial charge in [-0.15, -0.1) is 0 Å². The van der Waals surface area contributed by atoms with E-state index in [1.807, 2.05) is 30.0 Å². The van der Waals surface area contributed by atoms with Crippen LogP contribution < -0.4 is 10.9 Å². The molecule has 2 heterocycles. The largest absolute Gasteiger partial charge is 0.335 e. The number of amides is 1. The summed E-state index contributed by atoms with van der Waals surface area (Å²) < 4.78 is 16.1. The van der Waals surface area contributed by atoms with E-state index < -0.39 is 5.82 Å². The predicted molar refractivity (Wildman–Crippen MR) is 148 cm³/mol. The van der Waals surface area contributed by atoms with Crippen LogP contribution in [0.5, 0.6) is 0 Å². The Morgan fingerprint density at radius 3 is 2.63 bits per heavy atom. The molecule has 1 amide bonds. The lowest BCUT2D eigenvalue weighted by atomic mass is 9.80. The van der Waals surface area contributed by atoms with Crippen LogP contribution >= 0.6 is 15.9 Å². The second-order valence-corrected chi connectivity index (χ2v) is 11.3. The third kappa shape index (κ3) is 5.52. The predicted octanol–water partition coefficient (Wildman–Crippen LogP) is 4.71. The van der Waals surface area contributed by atoms with Gasteiger partial charge in [0.15, 0.2) is 5.78 Å². The molecule has 6 nitrogen and oxygen atoms in total. The maximum Gasteiger partial charge on any atom is 0.250 e. The quantitative estimate of drug-likeness (QED) is 0.411. The Hall–Kier alpha value is -3.10. The standard InChI is InChI=1S/C30H31BrFN3O3/c1-18-25(29(37)21-4-3-5-22(32)14-21)12-19(13-27(18)31)17-35(23-6-7-23)30(38)26-16-33-10-8-24(26)20-9-11-34(2)28(36)15-20/h3-5,9,11-15,23-24,26,33H,6-8,10,16-17H2,1-2H3/t24-,26+/m1/s1. The van der Waals surface area contributed by atoms with Crippen molar-refractivity contribution in [3.8, 4) is 0 Å². The van der Waals surface area contributed by atoms with E-state index in [2.05, 4.69) is 21.2 Å². The van der Waals surface area contributed by atoms with E-state index in [0.717, 1.165) is 47.0 Å². The van der Waals surface area contributed by atoms with E-state index in [-0.39, 0.29) is 40.7 Å². The average molecular weight is 580 g/mol. The van der Waals surface area contributed by atoms with Gasteiger partial charge >= 0.3 is 0 Å². The van der Waals surface area contributed by atoms with Crippen LogP contribution in [0.15, 0.2) is 64.0 Å². The lowest BCUT2D eigenvalue weighted by Crippen LogP contribution is -2.47. The van der Waals surface area contributed by atoms with Crippen LogP contribution in [-0.2, 0) is 18.4 Å². The molecule has 2 aromatic carbocycles. The van der Waals surface area contributed by atoms with Gasteiger partial charge in [0.25, 0.3) is 5.56 Å². The second-order valence-electron chi connectivity index (χ2n) is 10.4. The molecule has 2 atom stereocenters. The topological polar surface area (TPSA) is 71.4 Å². The zero-order chi connectivity index (χ0) is 27.0. The Morgan fingerprint density at radius 1 is 1.13 bits per heavy atom. The number of pyridine rings is 1. The summed E-state index contributed by atoms with van der Waals surface area (Å²) in [5.41, 5.74) is 3.22. The van der Waals surface area contributed by atoms with Crippen molar-refractivity contribution < 1.29 is 14.0 Å². The summed E-state index contributed by atoms with van der Waals surface area (Å²) in [6, 6.07) is 13.2. The molecule has 1 aliphatic heterocycles. The van der Waals surface area contributed by atoms with Gasteiger partial charge in [-0.1, -0.05) is 28.1 Å². The third-order valence-electron chi connectivity index (χ3n) is 7.71. The minimum atomic E-state index is -0.457. The second kappa shape index (κ2) is 10.9. The molecule has 1 aromatic heterocycles. The lowest BCUT2D eigenvalue weighted by Gasteiger charge is -2.36. The molecule has 1 saturated carbocycles. The summed E-state index contributed by atoms with van der Waals surface area (Å²) in [4.78, 5) is 41.6. The lowest BCUT2D eigenvalue weighted by molar-refractivity contribution is -0.138. The SMILES string of the molecule is Cc1c(Br)cc(CN(C(=O)[C@H]2CNCC[C@@H]2c2ccn(C)c(=O)c2)C2CC2)cc1C(=O)c1cccc(F)c1. The highest BCUT2D eigenvalue weighted by molar-refractivity contribution is 9.10. The Labute approximate surface area is 230 Å². The summed E-state index contributed by atoms with van der Waals surface area (Å²) in [6.45, 7) is 3.59. The Balaban J connectivity index is 1.43. The van der Waals surface area contributed by atoms with Crippen LogP contribution in [-0.4, -0.2) is 40.3 Å². The van der Waals surface area contributed by atoms with Gasteiger partial charge in [0, 0.05) is 54.0 Å². The molecule has 1 saturated heterocycles. The van der Waals surface area contributed by atoms with Crippen molar-refractivity contribution in [1.82, 2.24) is 14.8 Å². The number of ketones is 1. The van der Waals surface area contributed by atoms with E-state index in [9.17, 15) is 18.8 Å². The summed E-state index contributed by atoms with van der Waals surface area (Å²) in [7, 11) is 1.72. The Morgan fingerprint density at radius 2 is 1.92 bits per heavy atom. The number of rotatable bonds is 7. The number of carbonyl (C=O) groups excluding carboxylic acids is 2. The fraction of sp³-hybridized carbons (Fsp3) is 0.367. The first kappa shape index (κ1) is 26.5. The van der Waals surface area contributed by atoms with Crippen LogP contribution in [0.4, 0.5) is 4.39 Å². The molecule has 5 rings (SSSR count). The summed E-state index contributed by atoms with van der Waals surface area (Å²) in [5, 5.41) is 3.37. The number of aryl methyl sites for hydroxylation is 1. The molecule has 38 heavy (non-hydrogen) atoms. The number of carbonyl (C=O) groups is 2. The highest BCUT2D eigenvalue weighted by Crippen LogP contribution is 2.36. The maximum atomic E-state index is 14.0. The number of aromatic nitrogens is 1. The van der Waals surface area contributed by atoms with Crippen molar-refractivity contribution in [3.63, 3.8) is 0 Å². The molecule has 198 valence electrons. The van der Waals surface area contributed by atoms with Crippen molar-refractivity contribution in [2.24, 2.45) is 13.0 Å². The minimum absolute atomic E-state index is 0.0335. The molecule has 0 unspecified atom stereocenters. The molecule has 0 bridgehead atoms. The first-order valence-electron chi connectivity index (χ1n) is 13.0. The first-order valence-corrected chi connectivity index (χ1v) is 13.8. The Kier molecular flexibility index (Phi) is 7.63. The Bertz CT molecular complexity index is 1450. The van der Waals surface area contributed by atoms with Crippen molar-refractivity contribution >= 4 is 27.6 Å². The molecule has 1 aliphatic carbocycles. The van der Waals surface area contributed by atoms with Gasteiger partial charge in [0.1, 0.15) is 5.82 Å². The van der Waals surface area contributed by atoms with E-state index in [1.165, 1.54) is 22.8 Å². The summed E-state index contributed by atoms with van der Waals surface area (Å²) >= 11 is 3.59. The van der Waals surface area contributed by atoms with Crippen LogP contribution in [0.2, 0.25) is 0 Å². The fourth-order valence-electron chi connectivity index (χ4n) is 5.34. The molecule has 8 heteroatoms. The molecule has 0 spiro atoms. The van der Waals surface area contributed by atoms with Gasteiger partial charge in [-0.3, -0.25) is 14.4 Å². The molecule has 2 fully saturated rings. The number of benzene rings is 2. The normalized spacial score (nSPS) is 19.3. The van der Waals surface area contributed by atoms with E-state index in [1.54, 1.807) is 25.4 Å². The van der Waals surface area contributed by atoms with Crippen molar-refractivity contribution in [3.05, 3.63) is 103 Å². The van der Waals surface area contributed by atoms with Crippen LogP contribution in [0.1, 0.15) is 57.8 Å². The number of halogens is 2. The zero-order valence-electron chi connectivity index (χ0n) is 21.5. The number of hydrogen-bond donors (Lipinski definition) is 1. The van der Waals surface area contributed by atoms with Crippen LogP contribution in [0.25, 0.3) is 0 Å². The van der Waals surface area contributed by atoms with E-state index in [0.29, 0.717) is 18.7 Å². The highest BCUT2D eigenvalue weighted by atomic mass is 79.9. The first-order chi connectivity index (χ1) is 18.2. The molecule has 3 aromatic rings. The van der Waals surface area contributed by atoms with Gasteiger partial charge < -0.3 is 14.8 Å². The summed E-state index contributed by atoms with van der Waals surface area (Å²) in [5.74, 6) is -0.954. The third-order valence-corrected chi connectivity index (χ3v) is 8.54. The maximum absolute atomic E-state index is 14.0. The molecule has 1 N–H and O–H groups in total. The van der Waals surface area contributed by atoms with Gasteiger partial charge in [-0.05, 0) is 85.7 Å². The molecular formula is C30H31BrFN3O3. The number of nitrogens with zero attached hydrogens (tertiary/aromatic N) is 2. The number of piperidine rings is 1. The molecule has 0 radical (unpaired) electrons. The van der Waals surface area contributed by atoms with Crippen LogP contribution in [0, 0.1) is 18.7 Å². The smallest absolute Gasteiger partial charge is 0.250 e. The van der Waals surface area contributed by atoms with E-state index in [4.69, 9.17) is 0 Å². The zero-order valence-corrected chi connectivity index (χ0v) is 23.1. The molecular weight excluding hydrogens is 549 g/mol. The van der Waals surface area contributed by atoms with Gasteiger partial charge in [0.05, 0.1) is 5.92 Å². The monoisotopic (exact) mass is 579 g/mol. The van der Waals surface area contributed by atoms with Crippen molar-refractivity contribution in [1.29, 1.82) is 0 Å². The van der Waals surface area contributed by atoms with Crippen molar-refractivity contribution in [2.45, 2.75) is 44.7 Å². The average Bonchev–Trinajstić information content (AvgIpc) is 3.75.